The Bertz CT molecular complexity index is 295. The number of nitrogen functional groups attached to an aromatic ring is 1. The van der Waals surface area contributed by atoms with E-state index in [1.54, 1.807) is 0 Å². The van der Waals surface area contributed by atoms with Gasteiger partial charge >= 0.3 is 6.98 Å². The van der Waals surface area contributed by atoms with E-state index < -0.39 is 12.4 Å². The topological polar surface area (TPSA) is 26.0 Å². The molecule has 0 spiro atoms. The molecule has 0 atom stereocenters. The smallest absolute Gasteiger partial charge is 0.445 e. The maximum Gasteiger partial charge on any atom is 0.509 e. The first-order valence-corrected chi connectivity index (χ1v) is 3.47. The van der Waals surface area contributed by atoms with Gasteiger partial charge < -0.3 is 18.7 Å². The average Bonchev–Trinajstić information content (AvgIpc) is 1.92. The molecule has 0 aliphatic carbocycles. The summed E-state index contributed by atoms with van der Waals surface area (Å²) in [6, 6.07) is 3.80. The summed E-state index contributed by atoms with van der Waals surface area (Å²) < 4.78 is 36.7. The van der Waals surface area contributed by atoms with Crippen LogP contribution in [0.1, 0.15) is 5.56 Å². The van der Waals surface area contributed by atoms with Gasteiger partial charge in [-0.3, -0.25) is 0 Å². The molecule has 0 aliphatic rings. The van der Waals surface area contributed by atoms with Crippen LogP contribution in [0.25, 0.3) is 0 Å². The Balaban J connectivity index is 3.23. The van der Waals surface area contributed by atoms with Gasteiger partial charge in [0.25, 0.3) is 0 Å². The molecular formula is C7H8BF3N-. The molecule has 66 valence electrons. The predicted octanol–water partition coefficient (Wildman–Crippen LogP) is 1.63. The molecule has 1 aromatic rings. The minimum atomic E-state index is -4.93. The van der Waals surface area contributed by atoms with E-state index in [0.717, 1.165) is 6.07 Å². The summed E-state index contributed by atoms with van der Waals surface area (Å²) in [5.74, 6) is 0. The number of rotatable bonds is 1. The molecule has 0 amide bonds. The minimum Gasteiger partial charge on any atom is -0.445 e. The average molecular weight is 174 g/mol. The summed E-state index contributed by atoms with van der Waals surface area (Å²) >= 11 is 0. The van der Waals surface area contributed by atoms with Crippen LogP contribution in [-0.4, -0.2) is 6.98 Å². The third-order valence-corrected chi connectivity index (χ3v) is 1.66. The second-order valence-electron chi connectivity index (χ2n) is 2.69. The summed E-state index contributed by atoms with van der Waals surface area (Å²) in [6.45, 7) is -3.51. The van der Waals surface area contributed by atoms with Crippen LogP contribution >= 0.6 is 0 Å². The normalized spacial score (nSPS) is 11.7. The van der Waals surface area contributed by atoms with E-state index in [1.165, 1.54) is 19.1 Å². The van der Waals surface area contributed by atoms with E-state index in [2.05, 4.69) is 0 Å². The van der Waals surface area contributed by atoms with E-state index in [0.29, 0.717) is 0 Å². The van der Waals surface area contributed by atoms with Gasteiger partial charge in [-0.05, 0) is 13.0 Å². The van der Waals surface area contributed by atoms with Crippen molar-refractivity contribution in [3.05, 3.63) is 23.8 Å². The van der Waals surface area contributed by atoms with Crippen LogP contribution in [0.15, 0.2) is 18.2 Å². The van der Waals surface area contributed by atoms with Crippen LogP contribution in [-0.2, 0) is 0 Å². The molecule has 1 aromatic carbocycles. The lowest BCUT2D eigenvalue weighted by Gasteiger charge is -2.17. The first kappa shape index (κ1) is 8.97. The van der Waals surface area contributed by atoms with Gasteiger partial charge in [0.2, 0.25) is 0 Å². The third kappa shape index (κ3) is 1.72. The van der Waals surface area contributed by atoms with E-state index in [4.69, 9.17) is 5.73 Å². The van der Waals surface area contributed by atoms with Crippen molar-refractivity contribution in [2.24, 2.45) is 0 Å². The lowest BCUT2D eigenvalue weighted by Crippen LogP contribution is -2.36. The molecular weight excluding hydrogens is 166 g/mol. The molecule has 0 bridgehead atoms. The Kier molecular flexibility index (Phi) is 2.04. The molecule has 0 saturated carbocycles. The molecule has 0 saturated heterocycles. The van der Waals surface area contributed by atoms with Gasteiger partial charge in [-0.25, -0.2) is 0 Å². The largest absolute Gasteiger partial charge is 0.509 e. The standard InChI is InChI=1S/C7H8BF3N/c1-5-2-3-6(12)4-7(5)8(9,10)11/h2-4H,12H2,1H3/q-1. The molecule has 0 aromatic heterocycles. The van der Waals surface area contributed by atoms with E-state index in [-0.39, 0.29) is 11.3 Å². The van der Waals surface area contributed by atoms with Gasteiger partial charge in [0.15, 0.2) is 0 Å². The maximum atomic E-state index is 12.2. The molecule has 0 radical (unpaired) electrons. The highest BCUT2D eigenvalue weighted by atomic mass is 19.4. The number of benzene rings is 1. The van der Waals surface area contributed by atoms with Gasteiger partial charge in [-0.2, -0.15) is 0 Å². The van der Waals surface area contributed by atoms with Crippen molar-refractivity contribution in [1.29, 1.82) is 0 Å². The summed E-state index contributed by atoms with van der Waals surface area (Å²) in [5.41, 5.74) is 5.00. The van der Waals surface area contributed by atoms with Gasteiger partial charge in [-0.15, -0.1) is 5.46 Å². The van der Waals surface area contributed by atoms with Crippen LogP contribution in [0.5, 0.6) is 0 Å². The van der Waals surface area contributed by atoms with Crippen molar-refractivity contribution < 1.29 is 12.9 Å². The van der Waals surface area contributed by atoms with E-state index >= 15 is 0 Å². The fourth-order valence-corrected chi connectivity index (χ4v) is 1.01. The van der Waals surface area contributed by atoms with E-state index in [1.807, 2.05) is 0 Å². The van der Waals surface area contributed by atoms with Crippen LogP contribution in [0, 0.1) is 6.92 Å². The molecule has 12 heavy (non-hydrogen) atoms. The van der Waals surface area contributed by atoms with Crippen molar-refractivity contribution >= 4 is 18.1 Å². The fourth-order valence-electron chi connectivity index (χ4n) is 1.01. The zero-order chi connectivity index (χ0) is 9.35. The first-order valence-electron chi connectivity index (χ1n) is 3.47. The second-order valence-corrected chi connectivity index (χ2v) is 2.69. The summed E-state index contributed by atoms with van der Waals surface area (Å²) in [7, 11) is 0. The molecule has 0 aliphatic heterocycles. The van der Waals surface area contributed by atoms with Gasteiger partial charge in [-0.1, -0.05) is 17.7 Å². The van der Waals surface area contributed by atoms with Crippen LogP contribution in [0.4, 0.5) is 18.6 Å². The zero-order valence-electron chi connectivity index (χ0n) is 6.52. The van der Waals surface area contributed by atoms with Crippen LogP contribution < -0.4 is 11.2 Å². The number of nitrogens with two attached hydrogens (primary N) is 1. The molecule has 5 heteroatoms. The number of hydrogen-bond acceptors (Lipinski definition) is 1. The Morgan fingerprint density at radius 3 is 2.25 bits per heavy atom. The Hall–Kier alpha value is -1.13. The maximum absolute atomic E-state index is 12.2. The van der Waals surface area contributed by atoms with Gasteiger partial charge in [0.05, 0.1) is 0 Å². The lowest BCUT2D eigenvalue weighted by molar-refractivity contribution is 0.500. The Morgan fingerprint density at radius 2 is 1.83 bits per heavy atom. The monoisotopic (exact) mass is 174 g/mol. The quantitative estimate of drug-likeness (QED) is 0.508. The Labute approximate surface area is 68.4 Å². The highest BCUT2D eigenvalue weighted by molar-refractivity contribution is 6.74. The van der Waals surface area contributed by atoms with E-state index in [9.17, 15) is 12.9 Å². The van der Waals surface area contributed by atoms with Gasteiger partial charge in [0, 0.05) is 5.69 Å². The molecule has 1 nitrogen and oxygen atoms in total. The van der Waals surface area contributed by atoms with Crippen molar-refractivity contribution in [2.75, 3.05) is 5.73 Å². The first-order chi connectivity index (χ1) is 5.41. The highest BCUT2D eigenvalue weighted by Crippen LogP contribution is 2.13. The third-order valence-electron chi connectivity index (χ3n) is 1.66. The SMILES string of the molecule is Cc1ccc(N)cc1[B-](F)(F)F. The minimum absolute atomic E-state index is 0.148. The predicted molar refractivity (Wildman–Crippen MR) is 44.3 cm³/mol. The van der Waals surface area contributed by atoms with Crippen molar-refractivity contribution in [3.63, 3.8) is 0 Å². The second kappa shape index (κ2) is 2.73. The summed E-state index contributed by atoms with van der Waals surface area (Å²) in [6.07, 6.45) is 0. The highest BCUT2D eigenvalue weighted by Gasteiger charge is 2.27. The fraction of sp³-hybridized carbons (Fsp3) is 0.143. The van der Waals surface area contributed by atoms with Crippen molar-refractivity contribution in [2.45, 2.75) is 6.92 Å². The van der Waals surface area contributed by atoms with Crippen molar-refractivity contribution in [3.8, 4) is 0 Å². The molecule has 0 heterocycles. The number of halogens is 3. The van der Waals surface area contributed by atoms with Crippen molar-refractivity contribution in [1.82, 2.24) is 0 Å². The number of anilines is 1. The van der Waals surface area contributed by atoms with Crippen LogP contribution in [0.3, 0.4) is 0 Å². The molecule has 0 unspecified atom stereocenters. The Morgan fingerprint density at radius 1 is 1.25 bits per heavy atom. The van der Waals surface area contributed by atoms with Crippen LogP contribution in [0.2, 0.25) is 0 Å². The zero-order valence-corrected chi connectivity index (χ0v) is 6.52. The summed E-state index contributed by atoms with van der Waals surface area (Å²) in [4.78, 5) is 0. The summed E-state index contributed by atoms with van der Waals surface area (Å²) in [5, 5.41) is 0. The molecule has 2 N–H and O–H groups in total. The number of hydrogen-bond donors (Lipinski definition) is 1. The number of aryl methyl sites for hydroxylation is 1. The van der Waals surface area contributed by atoms with Gasteiger partial charge in [0.1, 0.15) is 0 Å². The molecule has 1 rings (SSSR count). The molecule has 0 fully saturated rings. The lowest BCUT2D eigenvalue weighted by atomic mass is 9.77.